The molecule has 3 aromatic carbocycles. The van der Waals surface area contributed by atoms with Crippen LogP contribution in [0.4, 0.5) is 11.4 Å². The zero-order valence-corrected chi connectivity index (χ0v) is 17.0. The van der Waals surface area contributed by atoms with Crippen LogP contribution >= 0.6 is 11.6 Å². The van der Waals surface area contributed by atoms with Crippen LogP contribution in [-0.4, -0.2) is 5.54 Å². The highest BCUT2D eigenvalue weighted by Gasteiger charge is 2.35. The number of benzene rings is 3. The number of nitrogens with zero attached hydrogens (tertiary/aromatic N) is 1. The van der Waals surface area contributed by atoms with Crippen molar-refractivity contribution in [2.75, 3.05) is 4.90 Å². The van der Waals surface area contributed by atoms with Gasteiger partial charge in [0, 0.05) is 33.1 Å². The van der Waals surface area contributed by atoms with Gasteiger partial charge in [-0.15, -0.1) is 0 Å². The molecule has 0 saturated carbocycles. The molecule has 2 aliphatic rings. The summed E-state index contributed by atoms with van der Waals surface area (Å²) in [5, 5.41) is 0.747. The van der Waals surface area contributed by atoms with Gasteiger partial charge >= 0.3 is 0 Å². The zero-order valence-electron chi connectivity index (χ0n) is 16.3. The Morgan fingerprint density at radius 2 is 1.79 bits per heavy atom. The van der Waals surface area contributed by atoms with Crippen LogP contribution in [0, 0.1) is 0 Å². The summed E-state index contributed by atoms with van der Waals surface area (Å²) in [5.74, 6) is 0.958. The summed E-state index contributed by atoms with van der Waals surface area (Å²) in [7, 11) is 0. The van der Waals surface area contributed by atoms with E-state index in [1.165, 1.54) is 33.5 Å². The van der Waals surface area contributed by atoms with Crippen molar-refractivity contribution >= 4 is 28.5 Å². The Kier molecular flexibility index (Phi) is 3.82. The van der Waals surface area contributed by atoms with Gasteiger partial charge in [0.2, 0.25) is 0 Å². The van der Waals surface area contributed by atoms with Gasteiger partial charge in [0.25, 0.3) is 0 Å². The number of allylic oxidation sites excluding steroid dienone is 1. The number of para-hydroxylation sites is 1. The molecule has 2 nitrogen and oxygen atoms in total. The molecule has 3 aromatic rings. The lowest BCUT2D eigenvalue weighted by Gasteiger charge is -2.44. The van der Waals surface area contributed by atoms with Gasteiger partial charge in [-0.1, -0.05) is 48.0 Å². The standard InChI is InChI=1S/C25H22ClNO/c1-16-14-25(2,3)27(18-8-6-7-17(26)13-18)22-12-11-19-20-9-4-5-10-23(20)28-15-21(19)24(16)22/h4-14H,15H2,1-3H3. The maximum atomic E-state index is 6.32. The number of fused-ring (bicyclic) bond motifs is 5. The molecule has 0 atom stereocenters. The van der Waals surface area contributed by atoms with E-state index in [2.05, 4.69) is 62.1 Å². The largest absolute Gasteiger partial charge is 0.488 e. The Hall–Kier alpha value is -2.71. The topological polar surface area (TPSA) is 12.5 Å². The van der Waals surface area contributed by atoms with Gasteiger partial charge in [-0.2, -0.15) is 0 Å². The first-order valence-corrected chi connectivity index (χ1v) is 9.97. The van der Waals surface area contributed by atoms with E-state index in [4.69, 9.17) is 16.3 Å². The maximum Gasteiger partial charge on any atom is 0.127 e. The van der Waals surface area contributed by atoms with Gasteiger partial charge < -0.3 is 9.64 Å². The quantitative estimate of drug-likeness (QED) is 0.436. The lowest BCUT2D eigenvalue weighted by Crippen LogP contribution is -2.42. The molecule has 0 radical (unpaired) electrons. The highest BCUT2D eigenvalue weighted by atomic mass is 35.5. The predicted molar refractivity (Wildman–Crippen MR) is 118 cm³/mol. The highest BCUT2D eigenvalue weighted by Crippen LogP contribution is 2.49. The Morgan fingerprint density at radius 1 is 0.964 bits per heavy atom. The smallest absolute Gasteiger partial charge is 0.127 e. The molecule has 28 heavy (non-hydrogen) atoms. The van der Waals surface area contributed by atoms with E-state index in [0.717, 1.165) is 16.5 Å². The fourth-order valence-corrected chi connectivity index (χ4v) is 4.88. The van der Waals surface area contributed by atoms with Crippen molar-refractivity contribution < 1.29 is 4.74 Å². The fourth-order valence-electron chi connectivity index (χ4n) is 4.69. The summed E-state index contributed by atoms with van der Waals surface area (Å²) in [5.41, 5.74) is 8.38. The van der Waals surface area contributed by atoms with Crippen LogP contribution in [0.25, 0.3) is 16.7 Å². The van der Waals surface area contributed by atoms with Gasteiger partial charge in [-0.25, -0.2) is 0 Å². The van der Waals surface area contributed by atoms with E-state index >= 15 is 0 Å². The maximum absolute atomic E-state index is 6.32. The van der Waals surface area contributed by atoms with Gasteiger partial charge in [-0.05, 0) is 62.2 Å². The number of hydrogen-bond acceptors (Lipinski definition) is 2. The Balaban J connectivity index is 1.77. The Labute approximate surface area is 171 Å². The van der Waals surface area contributed by atoms with Crippen LogP contribution < -0.4 is 9.64 Å². The number of hydrogen-bond donors (Lipinski definition) is 0. The summed E-state index contributed by atoms with van der Waals surface area (Å²) < 4.78 is 6.11. The summed E-state index contributed by atoms with van der Waals surface area (Å²) >= 11 is 6.32. The number of rotatable bonds is 1. The van der Waals surface area contributed by atoms with Crippen molar-refractivity contribution in [1.29, 1.82) is 0 Å². The van der Waals surface area contributed by atoms with Crippen LogP contribution in [0.2, 0.25) is 5.02 Å². The molecule has 0 unspecified atom stereocenters. The van der Waals surface area contributed by atoms with E-state index < -0.39 is 0 Å². The van der Waals surface area contributed by atoms with Gasteiger partial charge in [-0.3, -0.25) is 0 Å². The van der Waals surface area contributed by atoms with Crippen LogP contribution in [0.3, 0.4) is 0 Å². The average Bonchev–Trinajstić information content (AvgIpc) is 2.66. The molecule has 0 amide bonds. The molecular weight excluding hydrogens is 366 g/mol. The second kappa shape index (κ2) is 6.15. The van der Waals surface area contributed by atoms with Crippen molar-refractivity contribution in [2.24, 2.45) is 0 Å². The SMILES string of the molecule is CC1=CC(C)(C)N(c2cccc(Cl)c2)c2ccc3c(c21)COc1ccccc1-3. The molecular formula is C25H22ClNO. The van der Waals surface area contributed by atoms with Crippen molar-refractivity contribution in [1.82, 2.24) is 0 Å². The van der Waals surface area contributed by atoms with Gasteiger partial charge in [0.05, 0.1) is 5.54 Å². The van der Waals surface area contributed by atoms with Crippen LogP contribution in [0.15, 0.2) is 66.7 Å². The summed E-state index contributed by atoms with van der Waals surface area (Å²) in [6, 6.07) is 20.8. The number of anilines is 2. The van der Waals surface area contributed by atoms with Crippen molar-refractivity contribution in [3.05, 3.63) is 82.9 Å². The van der Waals surface area contributed by atoms with Crippen molar-refractivity contribution in [3.8, 4) is 16.9 Å². The summed E-state index contributed by atoms with van der Waals surface area (Å²) in [6.07, 6.45) is 2.34. The lowest BCUT2D eigenvalue weighted by molar-refractivity contribution is 0.302. The minimum atomic E-state index is -0.163. The predicted octanol–water partition coefficient (Wildman–Crippen LogP) is 7.23. The molecule has 2 heterocycles. The number of halogens is 1. The van der Waals surface area contributed by atoms with Crippen LogP contribution in [0.1, 0.15) is 31.9 Å². The third-order valence-electron chi connectivity index (χ3n) is 5.69. The van der Waals surface area contributed by atoms with E-state index in [0.29, 0.717) is 6.61 Å². The normalized spacial score (nSPS) is 16.4. The Morgan fingerprint density at radius 3 is 2.61 bits per heavy atom. The monoisotopic (exact) mass is 387 g/mol. The lowest BCUT2D eigenvalue weighted by atomic mass is 9.82. The third-order valence-corrected chi connectivity index (χ3v) is 5.92. The molecule has 140 valence electrons. The average molecular weight is 388 g/mol. The van der Waals surface area contributed by atoms with E-state index in [9.17, 15) is 0 Å². The molecule has 2 aliphatic heterocycles. The molecule has 5 rings (SSSR count). The molecule has 0 saturated heterocycles. The van der Waals surface area contributed by atoms with Crippen molar-refractivity contribution in [2.45, 2.75) is 32.9 Å². The molecule has 0 N–H and O–H groups in total. The minimum absolute atomic E-state index is 0.163. The van der Waals surface area contributed by atoms with E-state index in [1.54, 1.807) is 0 Å². The molecule has 3 heteroatoms. The second-order valence-corrected chi connectivity index (χ2v) is 8.50. The molecule has 0 aromatic heterocycles. The number of ether oxygens (including phenoxy) is 1. The summed E-state index contributed by atoms with van der Waals surface area (Å²) in [6.45, 7) is 7.28. The molecule has 0 fully saturated rings. The molecule has 0 spiro atoms. The van der Waals surface area contributed by atoms with Gasteiger partial charge in [0.1, 0.15) is 12.4 Å². The zero-order chi connectivity index (χ0) is 19.5. The molecule has 0 bridgehead atoms. The van der Waals surface area contributed by atoms with Crippen molar-refractivity contribution in [3.63, 3.8) is 0 Å². The van der Waals surface area contributed by atoms with Crippen LogP contribution in [-0.2, 0) is 6.61 Å². The van der Waals surface area contributed by atoms with Gasteiger partial charge in [0.15, 0.2) is 0 Å². The van der Waals surface area contributed by atoms with E-state index in [-0.39, 0.29) is 5.54 Å². The van der Waals surface area contributed by atoms with E-state index in [1.807, 2.05) is 30.3 Å². The minimum Gasteiger partial charge on any atom is -0.488 e. The first kappa shape index (κ1) is 17.4. The third kappa shape index (κ3) is 2.56. The van der Waals surface area contributed by atoms with Crippen LogP contribution in [0.5, 0.6) is 5.75 Å². The Bertz CT molecular complexity index is 1130. The fraction of sp³-hybridized carbons (Fsp3) is 0.200. The summed E-state index contributed by atoms with van der Waals surface area (Å²) in [4.78, 5) is 2.38. The highest BCUT2D eigenvalue weighted by molar-refractivity contribution is 6.30. The second-order valence-electron chi connectivity index (χ2n) is 8.07. The molecule has 0 aliphatic carbocycles. The first-order valence-electron chi connectivity index (χ1n) is 9.59. The first-order chi connectivity index (χ1) is 13.5.